The zero-order chi connectivity index (χ0) is 15.4. The minimum atomic E-state index is 0.0834. The molecule has 1 aliphatic heterocycles. The number of carbonyl (C=O) groups is 1. The molecule has 1 aliphatic carbocycles. The van der Waals surface area contributed by atoms with E-state index in [0.29, 0.717) is 19.1 Å². The minimum Gasteiger partial charge on any atom is -0.371 e. The summed E-state index contributed by atoms with van der Waals surface area (Å²) >= 11 is 0. The highest BCUT2D eigenvalue weighted by Gasteiger charge is 2.29. The molecule has 1 saturated heterocycles. The smallest absolute Gasteiger partial charge is 0.317 e. The second kappa shape index (κ2) is 7.14. The van der Waals surface area contributed by atoms with E-state index in [1.165, 1.54) is 18.4 Å². The highest BCUT2D eigenvalue weighted by Crippen LogP contribution is 2.19. The van der Waals surface area contributed by atoms with Crippen LogP contribution in [0, 0.1) is 0 Å². The van der Waals surface area contributed by atoms with Gasteiger partial charge in [0, 0.05) is 25.6 Å². The normalized spacial score (nSPS) is 26.1. The second-order valence-corrected chi connectivity index (χ2v) is 6.59. The highest BCUT2D eigenvalue weighted by molar-refractivity contribution is 5.74. The Labute approximate surface area is 132 Å². The van der Waals surface area contributed by atoms with E-state index in [-0.39, 0.29) is 18.2 Å². The zero-order valence-corrected chi connectivity index (χ0v) is 13.3. The monoisotopic (exact) mass is 302 g/mol. The molecule has 1 saturated carbocycles. The molecule has 1 heterocycles. The van der Waals surface area contributed by atoms with E-state index < -0.39 is 0 Å². The number of hydrogen-bond acceptors (Lipinski definition) is 2. The Balaban J connectivity index is 1.56. The first-order valence-electron chi connectivity index (χ1n) is 8.45. The Kier molecular flexibility index (Phi) is 4.98. The largest absolute Gasteiger partial charge is 0.371 e. The van der Waals surface area contributed by atoms with Crippen molar-refractivity contribution < 1.29 is 9.53 Å². The average molecular weight is 302 g/mol. The molecule has 1 aromatic rings. The maximum Gasteiger partial charge on any atom is 0.317 e. The lowest BCUT2D eigenvalue weighted by Gasteiger charge is -2.37. The van der Waals surface area contributed by atoms with Crippen molar-refractivity contribution in [2.24, 2.45) is 0 Å². The average Bonchev–Trinajstić information content (AvgIpc) is 3.00. The van der Waals surface area contributed by atoms with Crippen molar-refractivity contribution in [3.05, 3.63) is 35.9 Å². The maximum atomic E-state index is 12.5. The van der Waals surface area contributed by atoms with Gasteiger partial charge in [-0.2, -0.15) is 0 Å². The summed E-state index contributed by atoms with van der Waals surface area (Å²) in [4.78, 5) is 14.4. The van der Waals surface area contributed by atoms with Crippen LogP contribution < -0.4 is 5.32 Å². The number of nitrogens with zero attached hydrogens (tertiary/aromatic N) is 1. The van der Waals surface area contributed by atoms with Gasteiger partial charge in [-0.05, 0) is 25.3 Å². The number of hydrogen-bond donors (Lipinski definition) is 1. The summed E-state index contributed by atoms with van der Waals surface area (Å²) in [6.45, 7) is 3.41. The van der Waals surface area contributed by atoms with Gasteiger partial charge in [0.25, 0.3) is 0 Å². The van der Waals surface area contributed by atoms with Crippen LogP contribution in [0.2, 0.25) is 0 Å². The van der Waals surface area contributed by atoms with Crippen LogP contribution in [-0.2, 0) is 11.2 Å². The van der Waals surface area contributed by atoms with Crippen molar-refractivity contribution >= 4 is 6.03 Å². The summed E-state index contributed by atoms with van der Waals surface area (Å²) in [6, 6.07) is 10.8. The molecule has 1 aromatic carbocycles. The van der Waals surface area contributed by atoms with Crippen LogP contribution in [0.1, 0.15) is 38.2 Å². The number of benzene rings is 1. The fourth-order valence-corrected chi connectivity index (χ4v) is 3.54. The van der Waals surface area contributed by atoms with Crippen molar-refractivity contribution in [3.63, 3.8) is 0 Å². The molecule has 0 spiro atoms. The van der Waals surface area contributed by atoms with Crippen LogP contribution in [0.25, 0.3) is 0 Å². The molecule has 1 N–H and O–H groups in total. The molecule has 4 nitrogen and oxygen atoms in total. The summed E-state index contributed by atoms with van der Waals surface area (Å²) in [5.74, 6) is 0. The first-order chi connectivity index (χ1) is 10.7. The number of nitrogens with one attached hydrogen (secondary N) is 1. The molecule has 2 amide bonds. The Bertz CT molecular complexity index is 485. The van der Waals surface area contributed by atoms with E-state index in [0.717, 1.165) is 19.3 Å². The molecule has 0 aromatic heterocycles. The van der Waals surface area contributed by atoms with Crippen molar-refractivity contribution in [2.75, 3.05) is 13.1 Å². The van der Waals surface area contributed by atoms with Crippen LogP contribution in [-0.4, -0.2) is 42.3 Å². The third kappa shape index (κ3) is 4.01. The van der Waals surface area contributed by atoms with E-state index >= 15 is 0 Å². The standard InChI is InChI=1S/C18H26N2O2/c1-14-12-20(18(21)19-16-9-5-6-10-16)13-17(22-14)11-15-7-3-2-4-8-15/h2-4,7-8,14,16-17H,5-6,9-13H2,1H3,(H,19,21). The molecule has 120 valence electrons. The van der Waals surface area contributed by atoms with E-state index in [1.807, 2.05) is 30.0 Å². The number of rotatable bonds is 3. The molecular formula is C18H26N2O2. The SMILES string of the molecule is CC1CN(C(=O)NC2CCCC2)CC(Cc2ccccc2)O1. The van der Waals surface area contributed by atoms with Crippen molar-refractivity contribution in [3.8, 4) is 0 Å². The number of ether oxygens (including phenoxy) is 1. The number of carbonyl (C=O) groups excluding carboxylic acids is 1. The first kappa shape index (κ1) is 15.3. The van der Waals surface area contributed by atoms with Gasteiger partial charge in [-0.3, -0.25) is 0 Å². The van der Waals surface area contributed by atoms with Crippen molar-refractivity contribution in [2.45, 2.75) is 57.3 Å². The third-order valence-corrected chi connectivity index (χ3v) is 4.60. The van der Waals surface area contributed by atoms with Gasteiger partial charge in [0.1, 0.15) is 0 Å². The fourth-order valence-electron chi connectivity index (χ4n) is 3.54. The van der Waals surface area contributed by atoms with Gasteiger partial charge in [-0.1, -0.05) is 43.2 Å². The lowest BCUT2D eigenvalue weighted by molar-refractivity contribution is -0.0630. The first-order valence-corrected chi connectivity index (χ1v) is 8.45. The van der Waals surface area contributed by atoms with Crippen LogP contribution in [0.15, 0.2) is 30.3 Å². The van der Waals surface area contributed by atoms with Crippen molar-refractivity contribution in [1.29, 1.82) is 0 Å². The molecule has 2 unspecified atom stereocenters. The minimum absolute atomic E-state index is 0.0834. The lowest BCUT2D eigenvalue weighted by atomic mass is 10.1. The molecule has 2 fully saturated rings. The van der Waals surface area contributed by atoms with E-state index in [1.54, 1.807) is 0 Å². The van der Waals surface area contributed by atoms with Gasteiger partial charge >= 0.3 is 6.03 Å². The quantitative estimate of drug-likeness (QED) is 0.932. The van der Waals surface area contributed by atoms with Gasteiger partial charge in [0.2, 0.25) is 0 Å². The Morgan fingerprint density at radius 1 is 1.23 bits per heavy atom. The predicted molar refractivity (Wildman–Crippen MR) is 86.8 cm³/mol. The van der Waals surface area contributed by atoms with Gasteiger partial charge in [0.15, 0.2) is 0 Å². The highest BCUT2D eigenvalue weighted by atomic mass is 16.5. The third-order valence-electron chi connectivity index (χ3n) is 4.60. The summed E-state index contributed by atoms with van der Waals surface area (Å²) in [5.41, 5.74) is 1.26. The van der Waals surface area contributed by atoms with E-state index in [9.17, 15) is 4.79 Å². The van der Waals surface area contributed by atoms with Crippen LogP contribution in [0.5, 0.6) is 0 Å². The molecule has 2 aliphatic rings. The second-order valence-electron chi connectivity index (χ2n) is 6.59. The van der Waals surface area contributed by atoms with Gasteiger partial charge in [-0.15, -0.1) is 0 Å². The summed E-state index contributed by atoms with van der Waals surface area (Å²) in [7, 11) is 0. The van der Waals surface area contributed by atoms with E-state index in [4.69, 9.17) is 4.74 Å². The van der Waals surface area contributed by atoms with Gasteiger partial charge < -0.3 is 15.0 Å². The molecule has 0 bridgehead atoms. The Morgan fingerprint density at radius 3 is 2.68 bits per heavy atom. The van der Waals surface area contributed by atoms with Gasteiger partial charge in [0.05, 0.1) is 12.2 Å². The van der Waals surface area contributed by atoms with Crippen LogP contribution in [0.3, 0.4) is 0 Å². The van der Waals surface area contributed by atoms with Crippen molar-refractivity contribution in [1.82, 2.24) is 10.2 Å². The van der Waals surface area contributed by atoms with E-state index in [2.05, 4.69) is 17.4 Å². The molecule has 22 heavy (non-hydrogen) atoms. The lowest BCUT2D eigenvalue weighted by Crippen LogP contribution is -2.54. The molecular weight excluding hydrogens is 276 g/mol. The molecule has 0 radical (unpaired) electrons. The Morgan fingerprint density at radius 2 is 1.95 bits per heavy atom. The summed E-state index contributed by atoms with van der Waals surface area (Å²) < 4.78 is 6.02. The zero-order valence-electron chi connectivity index (χ0n) is 13.3. The van der Waals surface area contributed by atoms with Crippen LogP contribution in [0.4, 0.5) is 4.79 Å². The maximum absolute atomic E-state index is 12.5. The molecule has 2 atom stereocenters. The van der Waals surface area contributed by atoms with Gasteiger partial charge in [-0.25, -0.2) is 4.79 Å². The number of morpholine rings is 1. The topological polar surface area (TPSA) is 41.6 Å². The fraction of sp³-hybridized carbons (Fsp3) is 0.611. The number of amides is 2. The summed E-state index contributed by atoms with van der Waals surface area (Å²) in [5, 5.41) is 3.18. The van der Waals surface area contributed by atoms with Crippen LogP contribution >= 0.6 is 0 Å². The number of urea groups is 1. The predicted octanol–water partition coefficient (Wildman–Crippen LogP) is 2.97. The molecule has 3 rings (SSSR count). The summed E-state index contributed by atoms with van der Waals surface area (Å²) in [6.07, 6.45) is 5.76. The molecule has 4 heteroatoms. The Hall–Kier alpha value is -1.55.